The molecule has 6 heteroatoms. The van der Waals surface area contributed by atoms with Crippen LogP contribution in [0.4, 0.5) is 4.79 Å². The van der Waals surface area contributed by atoms with Crippen molar-refractivity contribution in [2.45, 2.75) is 18.9 Å². The van der Waals surface area contributed by atoms with Gasteiger partial charge in [0, 0.05) is 28.3 Å². The molecule has 1 fully saturated rings. The van der Waals surface area contributed by atoms with E-state index in [-0.39, 0.29) is 19.3 Å². The van der Waals surface area contributed by atoms with E-state index in [1.54, 1.807) is 0 Å². The van der Waals surface area contributed by atoms with Crippen molar-refractivity contribution in [2.24, 2.45) is 0 Å². The number of rotatable bonds is 3. The van der Waals surface area contributed by atoms with Gasteiger partial charge in [-0.25, -0.2) is 4.79 Å². The average molecular weight is 221 g/mol. The SMILES string of the molecule is O=C(NC1CCS(=O)CC1)OCCO. The summed E-state index contributed by atoms with van der Waals surface area (Å²) in [6.45, 7) is -0.146. The van der Waals surface area contributed by atoms with Gasteiger partial charge in [0.05, 0.1) is 6.61 Å². The van der Waals surface area contributed by atoms with Crippen molar-refractivity contribution in [3.8, 4) is 0 Å². The van der Waals surface area contributed by atoms with Gasteiger partial charge >= 0.3 is 6.09 Å². The molecule has 0 unspecified atom stereocenters. The zero-order valence-electron chi connectivity index (χ0n) is 7.90. The van der Waals surface area contributed by atoms with Crippen molar-refractivity contribution in [1.29, 1.82) is 0 Å². The lowest BCUT2D eigenvalue weighted by Crippen LogP contribution is -2.40. The van der Waals surface area contributed by atoms with E-state index in [4.69, 9.17) is 5.11 Å². The number of aliphatic hydroxyl groups excluding tert-OH is 1. The van der Waals surface area contributed by atoms with Gasteiger partial charge in [0.15, 0.2) is 0 Å². The Balaban J connectivity index is 2.17. The van der Waals surface area contributed by atoms with Gasteiger partial charge < -0.3 is 15.2 Å². The van der Waals surface area contributed by atoms with Gasteiger partial charge in [-0.1, -0.05) is 0 Å². The molecule has 0 aliphatic carbocycles. The quantitative estimate of drug-likeness (QED) is 0.681. The fourth-order valence-electron chi connectivity index (χ4n) is 1.28. The molecular formula is C8H15NO4S. The zero-order chi connectivity index (χ0) is 10.4. The fourth-order valence-corrected chi connectivity index (χ4v) is 2.58. The lowest BCUT2D eigenvalue weighted by molar-refractivity contribution is 0.115. The molecule has 82 valence electrons. The maximum Gasteiger partial charge on any atom is 0.407 e. The van der Waals surface area contributed by atoms with Gasteiger partial charge in [0.2, 0.25) is 0 Å². The standard InChI is InChI=1S/C8H15NO4S/c10-3-4-13-8(11)9-7-1-5-14(12)6-2-7/h7,10H,1-6H2,(H,9,11). The molecule has 0 radical (unpaired) electrons. The molecule has 1 heterocycles. The molecule has 0 aromatic heterocycles. The summed E-state index contributed by atoms with van der Waals surface area (Å²) in [6, 6.07) is 0.0684. The van der Waals surface area contributed by atoms with E-state index in [9.17, 15) is 9.00 Å². The molecule has 1 rings (SSSR count). The molecule has 0 saturated carbocycles. The van der Waals surface area contributed by atoms with Crippen molar-refractivity contribution >= 4 is 16.9 Å². The smallest absolute Gasteiger partial charge is 0.407 e. The third-order valence-electron chi connectivity index (χ3n) is 2.03. The molecule has 0 atom stereocenters. The molecule has 14 heavy (non-hydrogen) atoms. The Bertz CT molecular complexity index is 211. The molecule has 2 N–H and O–H groups in total. The number of amides is 1. The van der Waals surface area contributed by atoms with Gasteiger partial charge in [-0.15, -0.1) is 0 Å². The first-order chi connectivity index (χ1) is 6.72. The maximum absolute atomic E-state index is 11.0. The second-order valence-electron chi connectivity index (χ2n) is 3.13. The van der Waals surface area contributed by atoms with Gasteiger partial charge in [0.25, 0.3) is 0 Å². The second kappa shape index (κ2) is 5.98. The van der Waals surface area contributed by atoms with Crippen molar-refractivity contribution < 1.29 is 18.8 Å². The van der Waals surface area contributed by atoms with Gasteiger partial charge in [0.1, 0.15) is 6.61 Å². The van der Waals surface area contributed by atoms with Crippen molar-refractivity contribution in [3.63, 3.8) is 0 Å². The summed E-state index contributed by atoms with van der Waals surface area (Å²) in [4.78, 5) is 11.0. The van der Waals surface area contributed by atoms with Crippen LogP contribution in [0.3, 0.4) is 0 Å². The van der Waals surface area contributed by atoms with Crippen LogP contribution in [-0.4, -0.2) is 46.2 Å². The number of alkyl carbamates (subject to hydrolysis) is 1. The average Bonchev–Trinajstić information content (AvgIpc) is 2.18. The predicted molar refractivity (Wildman–Crippen MR) is 52.5 cm³/mol. The highest BCUT2D eigenvalue weighted by Gasteiger charge is 2.19. The Morgan fingerprint density at radius 3 is 2.71 bits per heavy atom. The number of hydrogen-bond acceptors (Lipinski definition) is 4. The number of aliphatic hydroxyl groups is 1. The maximum atomic E-state index is 11.0. The van der Waals surface area contributed by atoms with Crippen LogP contribution < -0.4 is 5.32 Å². The highest BCUT2D eigenvalue weighted by atomic mass is 32.2. The lowest BCUT2D eigenvalue weighted by Gasteiger charge is -2.21. The first-order valence-corrected chi connectivity index (χ1v) is 6.10. The molecule has 5 nitrogen and oxygen atoms in total. The molecule has 1 aliphatic heterocycles. The predicted octanol–water partition coefficient (Wildman–Crippen LogP) is -0.384. The van der Waals surface area contributed by atoms with Crippen LogP contribution in [0.5, 0.6) is 0 Å². The van der Waals surface area contributed by atoms with Crippen LogP contribution in [-0.2, 0) is 15.5 Å². The molecule has 1 amide bonds. The normalized spacial score (nSPS) is 26.9. The van der Waals surface area contributed by atoms with E-state index in [2.05, 4.69) is 10.1 Å². The van der Waals surface area contributed by atoms with Crippen molar-refractivity contribution in [3.05, 3.63) is 0 Å². The molecular weight excluding hydrogens is 206 g/mol. The summed E-state index contributed by atoms with van der Waals surface area (Å²) in [7, 11) is -0.713. The van der Waals surface area contributed by atoms with E-state index in [1.807, 2.05) is 0 Å². The number of nitrogens with one attached hydrogen (secondary N) is 1. The number of hydrogen-bond donors (Lipinski definition) is 2. The van der Waals surface area contributed by atoms with Crippen molar-refractivity contribution in [2.75, 3.05) is 24.7 Å². The van der Waals surface area contributed by atoms with E-state index in [0.717, 1.165) is 12.8 Å². The Morgan fingerprint density at radius 2 is 2.14 bits per heavy atom. The summed E-state index contributed by atoms with van der Waals surface area (Å²) < 4.78 is 15.6. The molecule has 0 aromatic carbocycles. The molecule has 1 aliphatic rings. The Labute approximate surface area is 85.3 Å². The highest BCUT2D eigenvalue weighted by Crippen LogP contribution is 2.08. The van der Waals surface area contributed by atoms with Crippen LogP contribution in [0, 0.1) is 0 Å². The van der Waals surface area contributed by atoms with E-state index in [1.165, 1.54) is 0 Å². The molecule has 1 saturated heterocycles. The van der Waals surface area contributed by atoms with Crippen LogP contribution >= 0.6 is 0 Å². The Hall–Kier alpha value is -0.620. The minimum atomic E-state index is -0.713. The summed E-state index contributed by atoms with van der Waals surface area (Å²) in [5.41, 5.74) is 0. The number of ether oxygens (including phenoxy) is 1. The Morgan fingerprint density at radius 1 is 1.50 bits per heavy atom. The van der Waals surface area contributed by atoms with E-state index < -0.39 is 16.9 Å². The molecule has 0 aromatic rings. The van der Waals surface area contributed by atoms with Gasteiger partial charge in [-0.2, -0.15) is 0 Å². The zero-order valence-corrected chi connectivity index (χ0v) is 8.72. The fraction of sp³-hybridized carbons (Fsp3) is 0.875. The molecule has 0 spiro atoms. The minimum absolute atomic E-state index is 0.0183. The second-order valence-corrected chi connectivity index (χ2v) is 4.82. The van der Waals surface area contributed by atoms with Crippen LogP contribution in [0.15, 0.2) is 0 Å². The summed E-state index contributed by atoms with van der Waals surface area (Å²) >= 11 is 0. The van der Waals surface area contributed by atoms with Crippen LogP contribution in [0.2, 0.25) is 0 Å². The molecule has 0 bridgehead atoms. The summed E-state index contributed by atoms with van der Waals surface area (Å²) in [5.74, 6) is 1.29. The Kier molecular flexibility index (Phi) is 4.89. The minimum Gasteiger partial charge on any atom is -0.447 e. The van der Waals surface area contributed by atoms with Crippen LogP contribution in [0.1, 0.15) is 12.8 Å². The highest BCUT2D eigenvalue weighted by molar-refractivity contribution is 7.85. The third-order valence-corrected chi connectivity index (χ3v) is 3.42. The summed E-state index contributed by atoms with van der Waals surface area (Å²) in [6.07, 6.45) is 0.971. The first-order valence-electron chi connectivity index (χ1n) is 4.61. The number of carbonyl (C=O) groups excluding carboxylic acids is 1. The largest absolute Gasteiger partial charge is 0.447 e. The first kappa shape index (κ1) is 11.5. The topological polar surface area (TPSA) is 75.6 Å². The van der Waals surface area contributed by atoms with Crippen LogP contribution in [0.25, 0.3) is 0 Å². The van der Waals surface area contributed by atoms with Gasteiger partial charge in [-0.3, -0.25) is 4.21 Å². The monoisotopic (exact) mass is 221 g/mol. The lowest BCUT2D eigenvalue weighted by atomic mass is 10.2. The van der Waals surface area contributed by atoms with E-state index >= 15 is 0 Å². The van der Waals surface area contributed by atoms with Crippen molar-refractivity contribution in [1.82, 2.24) is 5.32 Å². The number of carbonyl (C=O) groups is 1. The van der Waals surface area contributed by atoms with E-state index in [0.29, 0.717) is 11.5 Å². The third kappa shape index (κ3) is 4.06. The van der Waals surface area contributed by atoms with Gasteiger partial charge in [-0.05, 0) is 12.8 Å². The summed E-state index contributed by atoms with van der Waals surface area (Å²) in [5, 5.41) is 11.1.